The van der Waals surface area contributed by atoms with Crippen molar-refractivity contribution < 1.29 is 4.79 Å². The van der Waals surface area contributed by atoms with Gasteiger partial charge in [0.15, 0.2) is 4.77 Å². The summed E-state index contributed by atoms with van der Waals surface area (Å²) in [6, 6.07) is 5.56. The number of aromatic nitrogens is 3. The summed E-state index contributed by atoms with van der Waals surface area (Å²) in [6.07, 6.45) is 5.10. The Morgan fingerprint density at radius 3 is 2.63 bits per heavy atom. The minimum atomic E-state index is 0.00208. The Kier molecular flexibility index (Phi) is 6.40. The average Bonchev–Trinajstić information content (AvgIpc) is 3.04. The molecule has 1 amide bonds. The van der Waals surface area contributed by atoms with E-state index in [-0.39, 0.29) is 11.9 Å². The minimum Gasteiger partial charge on any atom is -0.339 e. The molecule has 2 aromatic rings. The molecular weight excluding hydrogens is 403 g/mol. The van der Waals surface area contributed by atoms with Gasteiger partial charge >= 0.3 is 0 Å². The van der Waals surface area contributed by atoms with Crippen LogP contribution in [-0.4, -0.2) is 38.7 Å². The summed E-state index contributed by atoms with van der Waals surface area (Å²) in [7, 11) is 0. The second-order valence-corrected chi connectivity index (χ2v) is 8.16. The van der Waals surface area contributed by atoms with Gasteiger partial charge in [0.25, 0.3) is 0 Å². The van der Waals surface area contributed by atoms with Crippen molar-refractivity contribution in [3.05, 3.63) is 50.5 Å². The molecule has 144 valence electrons. The Hall–Kier alpha value is -1.63. The Morgan fingerprint density at radius 1 is 1.30 bits per heavy atom. The van der Waals surface area contributed by atoms with Gasteiger partial charge < -0.3 is 9.47 Å². The third-order valence-electron chi connectivity index (χ3n) is 4.78. The third-order valence-corrected chi connectivity index (χ3v) is 5.81. The maximum absolute atomic E-state index is 12.5. The lowest BCUT2D eigenvalue weighted by Gasteiger charge is -2.31. The number of nitrogens with zero attached hydrogens (tertiary/aromatic N) is 3. The van der Waals surface area contributed by atoms with Crippen molar-refractivity contribution in [2.24, 2.45) is 0 Å². The lowest BCUT2D eigenvalue weighted by molar-refractivity contribution is -0.127. The highest BCUT2D eigenvalue weighted by molar-refractivity contribution is 7.71. The van der Waals surface area contributed by atoms with Crippen LogP contribution in [-0.2, 0) is 4.79 Å². The molecule has 3 rings (SSSR count). The van der Waals surface area contributed by atoms with Gasteiger partial charge in [-0.05, 0) is 62.7 Å². The standard InChI is InChI=1S/C19H22Cl2N4OS/c1-12(2)25-18(22-23-19(25)27)14-7-9-24(10-8-14)17(26)6-4-13-3-5-15(20)16(21)11-13/h3-6,11-12,14H,7-10H2,1-2H3,(H,23,27). The second-order valence-electron chi connectivity index (χ2n) is 6.96. The number of benzene rings is 1. The number of carbonyl (C=O) groups is 1. The van der Waals surface area contributed by atoms with Crippen LogP contribution in [0.5, 0.6) is 0 Å². The Labute approximate surface area is 174 Å². The SMILES string of the molecule is CC(C)n1c(C2CCN(C(=O)C=Cc3ccc(Cl)c(Cl)c3)CC2)n[nH]c1=S. The van der Waals surface area contributed by atoms with E-state index in [9.17, 15) is 4.79 Å². The number of H-pyrrole nitrogens is 1. The van der Waals surface area contributed by atoms with E-state index in [0.29, 0.717) is 33.8 Å². The number of hydrogen-bond donors (Lipinski definition) is 1. The first-order chi connectivity index (χ1) is 12.9. The van der Waals surface area contributed by atoms with E-state index < -0.39 is 0 Å². The molecule has 0 atom stereocenters. The van der Waals surface area contributed by atoms with Crippen LogP contribution in [0, 0.1) is 4.77 Å². The predicted molar refractivity (Wildman–Crippen MR) is 112 cm³/mol. The molecule has 0 bridgehead atoms. The summed E-state index contributed by atoms with van der Waals surface area (Å²) in [5.41, 5.74) is 0.847. The van der Waals surface area contributed by atoms with Crippen LogP contribution in [0.1, 0.15) is 50.0 Å². The average molecular weight is 425 g/mol. The van der Waals surface area contributed by atoms with E-state index in [1.54, 1.807) is 24.3 Å². The molecule has 2 heterocycles. The van der Waals surface area contributed by atoms with E-state index in [0.717, 1.165) is 24.2 Å². The van der Waals surface area contributed by atoms with Crippen LogP contribution in [0.2, 0.25) is 10.0 Å². The Balaban J connectivity index is 1.62. The zero-order chi connectivity index (χ0) is 19.6. The van der Waals surface area contributed by atoms with Crippen LogP contribution in [0.15, 0.2) is 24.3 Å². The molecule has 0 aliphatic carbocycles. The maximum Gasteiger partial charge on any atom is 0.246 e. The highest BCUT2D eigenvalue weighted by atomic mass is 35.5. The summed E-state index contributed by atoms with van der Waals surface area (Å²) in [4.78, 5) is 14.3. The summed E-state index contributed by atoms with van der Waals surface area (Å²) in [5, 5.41) is 8.31. The van der Waals surface area contributed by atoms with Gasteiger partial charge in [-0.15, -0.1) is 0 Å². The zero-order valence-electron chi connectivity index (χ0n) is 15.3. The fraction of sp³-hybridized carbons (Fsp3) is 0.421. The predicted octanol–water partition coefficient (Wildman–Crippen LogP) is 5.25. The highest BCUT2D eigenvalue weighted by Gasteiger charge is 2.27. The van der Waals surface area contributed by atoms with Crippen LogP contribution in [0.25, 0.3) is 6.08 Å². The van der Waals surface area contributed by atoms with Crippen molar-refractivity contribution >= 4 is 47.4 Å². The summed E-state index contributed by atoms with van der Waals surface area (Å²) >= 11 is 17.3. The molecule has 1 aliphatic heterocycles. The van der Waals surface area contributed by atoms with E-state index in [2.05, 4.69) is 28.6 Å². The normalized spacial score (nSPS) is 15.8. The van der Waals surface area contributed by atoms with Gasteiger partial charge in [-0.2, -0.15) is 5.10 Å². The molecule has 0 saturated carbocycles. The molecule has 27 heavy (non-hydrogen) atoms. The van der Waals surface area contributed by atoms with Gasteiger partial charge in [0, 0.05) is 31.1 Å². The van der Waals surface area contributed by atoms with Crippen LogP contribution < -0.4 is 0 Å². The third kappa shape index (κ3) is 4.62. The van der Waals surface area contributed by atoms with Gasteiger partial charge in [-0.25, -0.2) is 0 Å². The van der Waals surface area contributed by atoms with Crippen LogP contribution in [0.4, 0.5) is 0 Å². The first kappa shape index (κ1) is 20.1. The number of hydrogen-bond acceptors (Lipinski definition) is 3. The minimum absolute atomic E-state index is 0.00208. The summed E-state index contributed by atoms with van der Waals surface area (Å²) in [6.45, 7) is 5.60. The maximum atomic E-state index is 12.5. The molecule has 5 nitrogen and oxygen atoms in total. The first-order valence-electron chi connectivity index (χ1n) is 8.95. The van der Waals surface area contributed by atoms with Crippen molar-refractivity contribution in [2.75, 3.05) is 13.1 Å². The Morgan fingerprint density at radius 2 is 2.00 bits per heavy atom. The van der Waals surface area contributed by atoms with Gasteiger partial charge in [-0.1, -0.05) is 29.3 Å². The number of likely N-dealkylation sites (tertiary alicyclic amines) is 1. The van der Waals surface area contributed by atoms with E-state index in [1.165, 1.54) is 0 Å². The molecular formula is C19H22Cl2N4OS. The number of carbonyl (C=O) groups excluding carboxylic acids is 1. The molecule has 1 aliphatic rings. The summed E-state index contributed by atoms with van der Waals surface area (Å²) in [5.74, 6) is 1.30. The van der Waals surface area contributed by atoms with E-state index >= 15 is 0 Å². The molecule has 0 unspecified atom stereocenters. The number of piperidine rings is 1. The largest absolute Gasteiger partial charge is 0.339 e. The summed E-state index contributed by atoms with van der Waals surface area (Å²) < 4.78 is 2.73. The van der Waals surface area contributed by atoms with Gasteiger partial charge in [0.1, 0.15) is 5.82 Å². The number of rotatable bonds is 4. The van der Waals surface area contributed by atoms with Gasteiger partial charge in [-0.3, -0.25) is 9.89 Å². The number of halogens is 2. The van der Waals surface area contributed by atoms with Crippen molar-refractivity contribution in [3.63, 3.8) is 0 Å². The molecule has 1 aromatic carbocycles. The second kappa shape index (κ2) is 8.59. The van der Waals surface area contributed by atoms with Crippen LogP contribution in [0.3, 0.4) is 0 Å². The lowest BCUT2D eigenvalue weighted by Crippen LogP contribution is -2.37. The smallest absolute Gasteiger partial charge is 0.246 e. The molecule has 1 N–H and O–H groups in total. The van der Waals surface area contributed by atoms with Gasteiger partial charge in [0.2, 0.25) is 5.91 Å². The van der Waals surface area contributed by atoms with Crippen molar-refractivity contribution in [2.45, 2.75) is 38.6 Å². The molecule has 8 heteroatoms. The number of aromatic amines is 1. The van der Waals surface area contributed by atoms with Crippen LogP contribution >= 0.6 is 35.4 Å². The fourth-order valence-corrected chi connectivity index (χ4v) is 4.01. The monoisotopic (exact) mass is 424 g/mol. The highest BCUT2D eigenvalue weighted by Crippen LogP contribution is 2.29. The van der Waals surface area contributed by atoms with Crippen molar-refractivity contribution in [3.8, 4) is 0 Å². The molecule has 1 saturated heterocycles. The van der Waals surface area contributed by atoms with E-state index in [1.807, 2.05) is 11.0 Å². The zero-order valence-corrected chi connectivity index (χ0v) is 17.6. The molecule has 0 spiro atoms. The fourth-order valence-electron chi connectivity index (χ4n) is 3.35. The first-order valence-corrected chi connectivity index (χ1v) is 10.1. The quantitative estimate of drug-likeness (QED) is 0.538. The lowest BCUT2D eigenvalue weighted by atomic mass is 9.95. The van der Waals surface area contributed by atoms with E-state index in [4.69, 9.17) is 35.4 Å². The molecule has 0 radical (unpaired) electrons. The van der Waals surface area contributed by atoms with Gasteiger partial charge in [0.05, 0.1) is 10.0 Å². The number of amides is 1. The van der Waals surface area contributed by atoms with Crippen molar-refractivity contribution in [1.82, 2.24) is 19.7 Å². The topological polar surface area (TPSA) is 53.9 Å². The van der Waals surface area contributed by atoms with Crippen molar-refractivity contribution in [1.29, 1.82) is 0 Å². The molecule has 1 aromatic heterocycles. The molecule has 1 fully saturated rings. The number of nitrogens with one attached hydrogen (secondary N) is 1. The Bertz CT molecular complexity index is 911.